The van der Waals surface area contributed by atoms with Gasteiger partial charge in [0.05, 0.1) is 16.1 Å². The molecule has 1 rings (SSSR count). The Morgan fingerprint density at radius 2 is 2.05 bits per heavy atom. The fraction of sp³-hybridized carbons (Fsp3) is 0.333. The van der Waals surface area contributed by atoms with Crippen molar-refractivity contribution in [2.45, 2.75) is 13.8 Å². The van der Waals surface area contributed by atoms with Gasteiger partial charge in [0.2, 0.25) is 0 Å². The second-order valence-electron chi connectivity index (χ2n) is 4.62. The topological polar surface area (TPSA) is 78.4 Å². The van der Waals surface area contributed by atoms with Crippen LogP contribution in [-0.2, 0) is 4.79 Å². The number of aliphatic carboxylic acids is 1. The van der Waals surface area contributed by atoms with E-state index in [4.69, 9.17) is 16.7 Å². The van der Waals surface area contributed by atoms with Crippen LogP contribution >= 0.6 is 34.2 Å². The maximum Gasteiger partial charge on any atom is 0.319 e. The van der Waals surface area contributed by atoms with E-state index in [1.165, 1.54) is 13.8 Å². The fourth-order valence-corrected chi connectivity index (χ4v) is 2.04. The molecule has 0 atom stereocenters. The number of anilines is 1. The van der Waals surface area contributed by atoms with Crippen molar-refractivity contribution in [3.05, 3.63) is 26.8 Å². The number of carbonyl (C=O) groups excluding carboxylic acids is 1. The first-order valence-corrected chi connectivity index (χ1v) is 6.91. The van der Waals surface area contributed by atoms with Gasteiger partial charge in [0, 0.05) is 10.1 Å². The molecule has 1 aromatic carbocycles. The fourth-order valence-electron chi connectivity index (χ4n) is 1.13. The number of carboxylic acid groups (broad SMARTS) is 1. The first kappa shape index (κ1) is 16.0. The highest BCUT2D eigenvalue weighted by molar-refractivity contribution is 14.1. The summed E-state index contributed by atoms with van der Waals surface area (Å²) in [5.74, 6) is -0.972. The van der Waals surface area contributed by atoms with Crippen molar-refractivity contribution in [3.63, 3.8) is 0 Å². The summed E-state index contributed by atoms with van der Waals surface area (Å²) in [6.45, 7) is 3.09. The summed E-state index contributed by atoms with van der Waals surface area (Å²) >= 11 is 8.08. The summed E-state index contributed by atoms with van der Waals surface area (Å²) in [5.41, 5.74) is -0.541. The van der Waals surface area contributed by atoms with Gasteiger partial charge in [-0.3, -0.25) is 4.79 Å². The monoisotopic (exact) mass is 396 g/mol. The van der Waals surface area contributed by atoms with Crippen LogP contribution in [0.1, 0.15) is 13.8 Å². The van der Waals surface area contributed by atoms with Crippen molar-refractivity contribution in [2.75, 3.05) is 11.9 Å². The molecule has 7 heteroatoms. The summed E-state index contributed by atoms with van der Waals surface area (Å²) in [5, 5.41) is 14.4. The first-order valence-electron chi connectivity index (χ1n) is 5.45. The second kappa shape index (κ2) is 6.42. The van der Waals surface area contributed by atoms with Gasteiger partial charge in [0.25, 0.3) is 0 Å². The van der Waals surface area contributed by atoms with Crippen LogP contribution in [0.5, 0.6) is 0 Å². The molecule has 0 unspecified atom stereocenters. The number of rotatable bonds is 4. The van der Waals surface area contributed by atoms with Gasteiger partial charge in [-0.05, 0) is 54.6 Å². The Kier molecular flexibility index (Phi) is 5.42. The Morgan fingerprint density at radius 3 is 2.58 bits per heavy atom. The van der Waals surface area contributed by atoms with Gasteiger partial charge < -0.3 is 15.7 Å². The number of hydrogen-bond donors (Lipinski definition) is 3. The van der Waals surface area contributed by atoms with Gasteiger partial charge in [-0.15, -0.1) is 0 Å². The third kappa shape index (κ3) is 4.87. The van der Waals surface area contributed by atoms with Crippen LogP contribution in [0.25, 0.3) is 0 Å². The number of nitrogens with one attached hydrogen (secondary N) is 2. The molecule has 5 nitrogen and oxygen atoms in total. The highest BCUT2D eigenvalue weighted by Crippen LogP contribution is 2.23. The molecule has 2 amide bonds. The SMILES string of the molecule is CC(C)(CNC(=O)Nc1ccc(I)cc1Cl)C(=O)O. The molecule has 0 bridgehead atoms. The quantitative estimate of drug-likeness (QED) is 0.684. The minimum absolute atomic E-state index is 0.0240. The Bertz CT molecular complexity index is 506. The lowest BCUT2D eigenvalue weighted by Gasteiger charge is -2.19. The Balaban J connectivity index is 2.59. The molecule has 0 radical (unpaired) electrons. The third-order valence-corrected chi connectivity index (χ3v) is 3.43. The predicted molar refractivity (Wildman–Crippen MR) is 82.6 cm³/mol. The number of urea groups is 1. The molecule has 0 spiro atoms. The average Bonchev–Trinajstić information content (AvgIpc) is 2.30. The number of hydrogen-bond acceptors (Lipinski definition) is 2. The minimum Gasteiger partial charge on any atom is -0.481 e. The molecule has 0 saturated carbocycles. The summed E-state index contributed by atoms with van der Waals surface area (Å²) in [6.07, 6.45) is 0. The third-order valence-electron chi connectivity index (χ3n) is 2.45. The van der Waals surface area contributed by atoms with E-state index >= 15 is 0 Å². The molecule has 0 fully saturated rings. The summed E-state index contributed by atoms with van der Waals surface area (Å²) in [4.78, 5) is 22.5. The van der Waals surface area contributed by atoms with E-state index in [0.29, 0.717) is 10.7 Å². The summed E-state index contributed by atoms with van der Waals surface area (Å²) in [6, 6.07) is 4.73. The number of carbonyl (C=O) groups is 2. The van der Waals surface area contributed by atoms with Crippen molar-refractivity contribution in [3.8, 4) is 0 Å². The molecule has 3 N–H and O–H groups in total. The van der Waals surface area contributed by atoms with Crippen LogP contribution < -0.4 is 10.6 Å². The molecule has 0 aliphatic carbocycles. The molecule has 0 heterocycles. The van der Waals surface area contributed by atoms with Crippen molar-refractivity contribution < 1.29 is 14.7 Å². The van der Waals surface area contributed by atoms with Gasteiger partial charge in [0.15, 0.2) is 0 Å². The zero-order chi connectivity index (χ0) is 14.6. The number of carboxylic acids is 1. The van der Waals surface area contributed by atoms with E-state index in [0.717, 1.165) is 3.57 Å². The van der Waals surface area contributed by atoms with Crippen LogP contribution in [0.4, 0.5) is 10.5 Å². The molecular formula is C12H14ClIN2O3. The molecule has 1 aromatic rings. The molecule has 0 saturated heterocycles. The Morgan fingerprint density at radius 1 is 1.42 bits per heavy atom. The van der Waals surface area contributed by atoms with Crippen LogP contribution in [0.3, 0.4) is 0 Å². The van der Waals surface area contributed by atoms with E-state index in [2.05, 4.69) is 33.2 Å². The maximum atomic E-state index is 11.6. The average molecular weight is 397 g/mol. The number of amides is 2. The van der Waals surface area contributed by atoms with E-state index in [-0.39, 0.29) is 6.54 Å². The van der Waals surface area contributed by atoms with Gasteiger partial charge in [-0.25, -0.2) is 4.79 Å². The summed E-state index contributed by atoms with van der Waals surface area (Å²) < 4.78 is 0.959. The van der Waals surface area contributed by atoms with Crippen molar-refractivity contribution in [2.24, 2.45) is 5.41 Å². The molecule has 19 heavy (non-hydrogen) atoms. The lowest BCUT2D eigenvalue weighted by Crippen LogP contribution is -2.40. The van der Waals surface area contributed by atoms with Crippen molar-refractivity contribution in [1.29, 1.82) is 0 Å². The lowest BCUT2D eigenvalue weighted by molar-refractivity contribution is -0.146. The normalized spacial score (nSPS) is 10.9. The second-order valence-corrected chi connectivity index (χ2v) is 6.27. The van der Waals surface area contributed by atoms with Gasteiger partial charge in [-0.2, -0.15) is 0 Å². The molecule has 104 valence electrons. The summed E-state index contributed by atoms with van der Waals surface area (Å²) in [7, 11) is 0. The molecule has 0 aromatic heterocycles. The van der Waals surface area contributed by atoms with E-state index in [1.54, 1.807) is 12.1 Å². The van der Waals surface area contributed by atoms with E-state index < -0.39 is 17.4 Å². The Hall–Kier alpha value is -1.02. The van der Waals surface area contributed by atoms with Crippen LogP contribution in [0.15, 0.2) is 18.2 Å². The van der Waals surface area contributed by atoms with Crippen LogP contribution in [-0.4, -0.2) is 23.7 Å². The Labute approximate surface area is 129 Å². The zero-order valence-corrected chi connectivity index (χ0v) is 13.4. The minimum atomic E-state index is -1.02. The van der Waals surface area contributed by atoms with Gasteiger partial charge >= 0.3 is 12.0 Å². The van der Waals surface area contributed by atoms with Gasteiger partial charge in [-0.1, -0.05) is 11.6 Å². The van der Waals surface area contributed by atoms with Crippen molar-refractivity contribution in [1.82, 2.24) is 5.32 Å². The first-order chi connectivity index (χ1) is 8.72. The maximum absolute atomic E-state index is 11.6. The van der Waals surface area contributed by atoms with Crippen LogP contribution in [0.2, 0.25) is 5.02 Å². The van der Waals surface area contributed by atoms with E-state index in [1.807, 2.05) is 6.07 Å². The van der Waals surface area contributed by atoms with E-state index in [9.17, 15) is 9.59 Å². The van der Waals surface area contributed by atoms with Crippen LogP contribution in [0, 0.1) is 8.99 Å². The smallest absolute Gasteiger partial charge is 0.319 e. The predicted octanol–water partition coefficient (Wildman–Crippen LogP) is 3.18. The molecule has 0 aliphatic rings. The molecule has 0 aliphatic heterocycles. The highest BCUT2D eigenvalue weighted by atomic mass is 127. The number of benzene rings is 1. The zero-order valence-electron chi connectivity index (χ0n) is 10.5. The standard InChI is InChI=1S/C12H14ClIN2O3/c1-12(2,10(17)18)6-15-11(19)16-9-4-3-7(14)5-8(9)13/h3-5H,6H2,1-2H3,(H,17,18)(H2,15,16,19). The highest BCUT2D eigenvalue weighted by Gasteiger charge is 2.27. The largest absolute Gasteiger partial charge is 0.481 e. The molecular weight excluding hydrogens is 383 g/mol. The van der Waals surface area contributed by atoms with Crippen molar-refractivity contribution >= 4 is 51.9 Å². The van der Waals surface area contributed by atoms with Gasteiger partial charge in [0.1, 0.15) is 0 Å². The lowest BCUT2D eigenvalue weighted by atomic mass is 9.94. The number of halogens is 2.